The molecule has 27 heavy (non-hydrogen) atoms. The quantitative estimate of drug-likeness (QED) is 0.552. The van der Waals surface area contributed by atoms with Gasteiger partial charge in [-0.05, 0) is 41.5 Å². The third-order valence-electron chi connectivity index (χ3n) is 3.78. The summed E-state index contributed by atoms with van der Waals surface area (Å²) < 4.78 is 86.9. The summed E-state index contributed by atoms with van der Waals surface area (Å²) in [4.78, 5) is 13.0. The van der Waals surface area contributed by atoms with Crippen LogP contribution in [-0.2, 0) is 16.1 Å². The van der Waals surface area contributed by atoms with Crippen molar-refractivity contribution in [3.63, 3.8) is 0 Å². The lowest BCUT2D eigenvalue weighted by Gasteiger charge is -2.43. The van der Waals surface area contributed by atoms with Gasteiger partial charge < -0.3 is 14.2 Å². The van der Waals surface area contributed by atoms with Gasteiger partial charge in [0.2, 0.25) is 0 Å². The van der Waals surface area contributed by atoms with Crippen LogP contribution in [0.2, 0.25) is 0 Å². The number of nitrogens with zero attached hydrogens (tertiary/aromatic N) is 1. The molecule has 1 fully saturated rings. The van der Waals surface area contributed by atoms with Crippen LogP contribution in [0.1, 0.15) is 54.4 Å². The number of alkyl halides is 5. The van der Waals surface area contributed by atoms with Crippen LogP contribution in [0.4, 0.5) is 26.7 Å². The lowest BCUT2D eigenvalue weighted by atomic mass is 9.93. The maximum Gasteiger partial charge on any atom is 0.410 e. The second-order valence-corrected chi connectivity index (χ2v) is 10.6. The number of ether oxygens (including phenoxy) is 1. The minimum Gasteiger partial charge on any atom is -0.598 e. The fraction of sp³-hybridized carbons (Fsp3) is 0.938. The molecule has 5 nitrogen and oxygen atoms in total. The first kappa shape index (κ1) is 24.2. The first-order valence-electron chi connectivity index (χ1n) is 8.46. The fourth-order valence-electron chi connectivity index (χ4n) is 2.47. The van der Waals surface area contributed by atoms with Crippen molar-refractivity contribution in [3.05, 3.63) is 0 Å². The van der Waals surface area contributed by atoms with E-state index in [9.17, 15) is 31.3 Å². The largest absolute Gasteiger partial charge is 0.598 e. The Labute approximate surface area is 159 Å². The number of hydrogen-bond acceptors (Lipinski definition) is 4. The molecule has 0 aromatic heterocycles. The maximum absolute atomic E-state index is 13.9. The molecule has 0 saturated carbocycles. The van der Waals surface area contributed by atoms with Crippen LogP contribution in [0.3, 0.4) is 0 Å². The number of carbonyl (C=O) groups is 1. The van der Waals surface area contributed by atoms with Gasteiger partial charge in [0.15, 0.2) is 6.04 Å². The van der Waals surface area contributed by atoms with E-state index in [0.717, 1.165) is 0 Å². The second-order valence-electron chi connectivity index (χ2n) is 8.57. The molecule has 160 valence electrons. The van der Waals surface area contributed by atoms with Gasteiger partial charge in [-0.25, -0.2) is 13.6 Å². The van der Waals surface area contributed by atoms with Crippen molar-refractivity contribution >= 4 is 17.5 Å². The number of carbonyl (C=O) groups excluding carboxylic acids is 1. The zero-order valence-corrected chi connectivity index (χ0v) is 17.1. The van der Waals surface area contributed by atoms with Gasteiger partial charge in [-0.1, -0.05) is 0 Å². The molecule has 1 aliphatic heterocycles. The number of rotatable bonds is 3. The number of nitrogens with one attached hydrogen (secondary N) is 1. The SMILES string of the molecule is CC(C)(C)OC(=O)N1CCC(F)(F)CC1C(N[S@+]([O-])C(C)(C)C)C(F)(F)F. The molecule has 3 atom stereocenters. The van der Waals surface area contributed by atoms with Gasteiger partial charge in [-0.3, -0.25) is 0 Å². The standard InChI is InChI=1S/C16H27F5N2O3S/c1-13(2,3)26-12(24)23-8-7-15(17,18)9-10(23)11(16(19,20)21)22-27(25)14(4,5)6/h10-11,22H,7-9H2,1-6H3/t10?,11?,27-/m1/s1. The van der Waals surface area contributed by atoms with Crippen LogP contribution in [0.15, 0.2) is 0 Å². The number of halogens is 5. The van der Waals surface area contributed by atoms with Crippen LogP contribution in [0.5, 0.6) is 0 Å². The molecule has 1 saturated heterocycles. The van der Waals surface area contributed by atoms with E-state index in [1.165, 1.54) is 41.5 Å². The number of likely N-dealkylation sites (tertiary alicyclic amines) is 1. The molecular weight excluding hydrogens is 395 g/mol. The molecule has 2 unspecified atom stereocenters. The summed E-state index contributed by atoms with van der Waals surface area (Å²) >= 11 is -2.18. The number of amides is 1. The molecule has 1 aliphatic rings. The van der Waals surface area contributed by atoms with Crippen molar-refractivity contribution < 1.29 is 36.0 Å². The van der Waals surface area contributed by atoms with Gasteiger partial charge in [0.1, 0.15) is 10.3 Å². The Balaban J connectivity index is 3.23. The van der Waals surface area contributed by atoms with Gasteiger partial charge in [0.25, 0.3) is 5.92 Å². The Bertz CT molecular complexity index is 532. The predicted molar refractivity (Wildman–Crippen MR) is 91.8 cm³/mol. The third kappa shape index (κ3) is 7.26. The van der Waals surface area contributed by atoms with E-state index in [4.69, 9.17) is 4.74 Å². The molecule has 0 spiro atoms. The van der Waals surface area contributed by atoms with E-state index in [2.05, 4.69) is 0 Å². The normalized spacial score (nSPS) is 23.7. The van der Waals surface area contributed by atoms with E-state index in [1.807, 2.05) is 4.72 Å². The van der Waals surface area contributed by atoms with Crippen molar-refractivity contribution in [1.29, 1.82) is 0 Å². The highest BCUT2D eigenvalue weighted by Crippen LogP contribution is 2.38. The number of hydrogen-bond donors (Lipinski definition) is 1. The average molecular weight is 422 g/mol. The van der Waals surface area contributed by atoms with Crippen molar-refractivity contribution in [2.24, 2.45) is 0 Å². The molecular formula is C16H27F5N2O3S. The molecule has 0 aliphatic carbocycles. The predicted octanol–water partition coefficient (Wildman–Crippen LogP) is 4.00. The fourth-order valence-corrected chi connectivity index (χ4v) is 3.34. The van der Waals surface area contributed by atoms with Gasteiger partial charge >= 0.3 is 12.3 Å². The molecule has 1 rings (SSSR count). The van der Waals surface area contributed by atoms with Crippen molar-refractivity contribution in [2.75, 3.05) is 6.54 Å². The second kappa shape index (κ2) is 7.90. The van der Waals surface area contributed by atoms with E-state index >= 15 is 0 Å². The molecule has 0 aromatic carbocycles. The van der Waals surface area contributed by atoms with Crippen LogP contribution < -0.4 is 4.72 Å². The molecule has 1 amide bonds. The lowest BCUT2D eigenvalue weighted by Crippen LogP contribution is -2.65. The van der Waals surface area contributed by atoms with E-state index in [0.29, 0.717) is 4.90 Å². The van der Waals surface area contributed by atoms with Crippen molar-refractivity contribution in [1.82, 2.24) is 9.62 Å². The molecule has 0 bridgehead atoms. The summed E-state index contributed by atoms with van der Waals surface area (Å²) in [7, 11) is 0. The van der Waals surface area contributed by atoms with Gasteiger partial charge in [0, 0.05) is 30.7 Å². The van der Waals surface area contributed by atoms with Crippen molar-refractivity contribution in [2.45, 2.75) is 88.9 Å². The zero-order chi connectivity index (χ0) is 21.4. The van der Waals surface area contributed by atoms with Crippen molar-refractivity contribution in [3.8, 4) is 0 Å². The smallest absolute Gasteiger partial charge is 0.410 e. The Kier molecular flexibility index (Phi) is 7.09. The molecule has 0 radical (unpaired) electrons. The van der Waals surface area contributed by atoms with E-state index in [-0.39, 0.29) is 0 Å². The van der Waals surface area contributed by atoms with Crippen LogP contribution in [-0.4, -0.2) is 56.6 Å². The first-order valence-corrected chi connectivity index (χ1v) is 9.61. The lowest BCUT2D eigenvalue weighted by molar-refractivity contribution is -0.179. The summed E-state index contributed by atoms with van der Waals surface area (Å²) in [5, 5.41) is 0. The number of piperidine rings is 1. The minimum absolute atomic E-state index is 0.594. The molecule has 1 heterocycles. The van der Waals surface area contributed by atoms with Gasteiger partial charge in [-0.2, -0.15) is 13.2 Å². The Morgan fingerprint density at radius 2 is 1.74 bits per heavy atom. The Morgan fingerprint density at radius 3 is 2.15 bits per heavy atom. The van der Waals surface area contributed by atoms with E-state index < -0.39 is 71.4 Å². The average Bonchev–Trinajstić information content (AvgIpc) is 2.38. The maximum atomic E-state index is 13.9. The zero-order valence-electron chi connectivity index (χ0n) is 16.2. The van der Waals surface area contributed by atoms with Crippen LogP contribution in [0.25, 0.3) is 0 Å². The molecule has 11 heteroatoms. The van der Waals surface area contributed by atoms with Gasteiger partial charge in [0.05, 0.1) is 6.04 Å². The van der Waals surface area contributed by atoms with E-state index in [1.54, 1.807) is 0 Å². The minimum atomic E-state index is -5.00. The van der Waals surface area contributed by atoms with Gasteiger partial charge in [-0.15, -0.1) is 4.72 Å². The topological polar surface area (TPSA) is 64.6 Å². The summed E-state index contributed by atoms with van der Waals surface area (Å²) in [5.41, 5.74) is -1.00. The Morgan fingerprint density at radius 1 is 1.22 bits per heavy atom. The summed E-state index contributed by atoms with van der Waals surface area (Å²) in [6, 6.07) is -4.54. The summed E-state index contributed by atoms with van der Waals surface area (Å²) in [5.74, 6) is -3.38. The Hall–Kier alpha value is -0.810. The highest BCUT2D eigenvalue weighted by molar-refractivity contribution is 7.90. The highest BCUT2D eigenvalue weighted by atomic mass is 32.2. The van der Waals surface area contributed by atoms with Crippen LogP contribution in [0, 0.1) is 0 Å². The van der Waals surface area contributed by atoms with Crippen LogP contribution >= 0.6 is 0 Å². The molecule has 1 N–H and O–H groups in total. The third-order valence-corrected chi connectivity index (χ3v) is 5.36. The summed E-state index contributed by atoms with van der Waals surface area (Å²) in [6.45, 7) is 8.31. The highest BCUT2D eigenvalue weighted by Gasteiger charge is 2.56. The monoisotopic (exact) mass is 422 g/mol. The molecule has 0 aromatic rings. The summed E-state index contributed by atoms with van der Waals surface area (Å²) in [6.07, 6.45) is -8.08. The first-order chi connectivity index (χ1) is 11.8.